The van der Waals surface area contributed by atoms with Gasteiger partial charge >= 0.3 is 5.97 Å². The van der Waals surface area contributed by atoms with Crippen LogP contribution in [-0.4, -0.2) is 28.5 Å². The van der Waals surface area contributed by atoms with Crippen LogP contribution in [0.3, 0.4) is 0 Å². The van der Waals surface area contributed by atoms with Gasteiger partial charge in [0.1, 0.15) is 0 Å². The summed E-state index contributed by atoms with van der Waals surface area (Å²) in [7, 11) is 0. The number of carbonyl (C=O) groups is 3. The molecule has 4 aliphatic rings. The van der Waals surface area contributed by atoms with Gasteiger partial charge in [-0.25, -0.2) is 0 Å². The monoisotopic (exact) mass is 420 g/mol. The van der Waals surface area contributed by atoms with Crippen molar-refractivity contribution in [3.8, 4) is 0 Å². The first-order chi connectivity index (χ1) is 13.5. The summed E-state index contributed by atoms with van der Waals surface area (Å²) in [5.74, 6) is 0.970. The van der Waals surface area contributed by atoms with E-state index in [9.17, 15) is 14.4 Å². The summed E-state index contributed by atoms with van der Waals surface area (Å²) < 4.78 is 5.82. The van der Waals surface area contributed by atoms with Crippen molar-refractivity contribution in [1.82, 2.24) is 0 Å². The Kier molecular flexibility index (Phi) is 4.85. The highest BCUT2D eigenvalue weighted by atomic mass is 35.5. The molecule has 3 saturated carbocycles. The van der Waals surface area contributed by atoms with E-state index in [0.717, 1.165) is 37.7 Å². The van der Waals surface area contributed by atoms with Crippen LogP contribution in [0.25, 0.3) is 0 Å². The highest BCUT2D eigenvalue weighted by molar-refractivity contribution is 6.23. The Balaban J connectivity index is 1.74. The van der Waals surface area contributed by atoms with E-state index in [1.165, 1.54) is 6.92 Å². The minimum absolute atomic E-state index is 0.0283. The van der Waals surface area contributed by atoms with E-state index >= 15 is 0 Å². The number of halogens is 1. The van der Waals surface area contributed by atoms with Crippen molar-refractivity contribution in [3.05, 3.63) is 11.6 Å². The zero-order chi connectivity index (χ0) is 21.4. The molecule has 0 saturated heterocycles. The Morgan fingerprint density at radius 3 is 2.41 bits per heavy atom. The molecule has 0 aromatic carbocycles. The normalized spacial score (nSPS) is 48.8. The maximum absolute atomic E-state index is 12.8. The fraction of sp³-hybridized carbons (Fsp3) is 0.792. The smallest absolute Gasteiger partial charge is 0.303 e. The van der Waals surface area contributed by atoms with Crippen molar-refractivity contribution in [2.75, 3.05) is 0 Å². The molecule has 0 radical (unpaired) electrons. The molecule has 0 heterocycles. The standard InChI is InChI=1S/C24H33ClO4/c1-13-12-22(4)17-6-8-23(5)18(7-9-24(23,14(2)26)29-15(3)27)16(17)10-20(25)19(22)11-21(13)28/h11,13,16-18,20H,6-10,12H2,1-5H3/t13?,16-,17+,18+,20?,22-,23+,24+/m1/s1. The number of hydrogen-bond donors (Lipinski definition) is 0. The highest BCUT2D eigenvalue weighted by Gasteiger charge is 2.68. The molecule has 0 amide bonds. The van der Waals surface area contributed by atoms with Crippen LogP contribution in [0.4, 0.5) is 0 Å². The van der Waals surface area contributed by atoms with Crippen LogP contribution in [0.2, 0.25) is 0 Å². The Bertz CT molecular complexity index is 803. The topological polar surface area (TPSA) is 60.4 Å². The Morgan fingerprint density at radius 1 is 1.14 bits per heavy atom. The molecule has 4 aliphatic carbocycles. The third-order valence-corrected chi connectivity index (χ3v) is 9.66. The number of Topliss-reactive ketones (excluding diaryl/α,β-unsaturated/α-hetero) is 1. The quantitative estimate of drug-likeness (QED) is 0.472. The van der Waals surface area contributed by atoms with Crippen LogP contribution >= 0.6 is 11.6 Å². The summed E-state index contributed by atoms with van der Waals surface area (Å²) in [5, 5.41) is -0.138. The first-order valence-electron chi connectivity index (χ1n) is 11.1. The molecule has 3 fully saturated rings. The third kappa shape index (κ3) is 2.73. The molecule has 0 N–H and O–H groups in total. The van der Waals surface area contributed by atoms with E-state index < -0.39 is 5.60 Å². The van der Waals surface area contributed by atoms with E-state index in [1.54, 1.807) is 6.92 Å². The molecular formula is C24H33ClO4. The Hall–Kier alpha value is -1.16. The van der Waals surface area contributed by atoms with E-state index in [2.05, 4.69) is 13.8 Å². The van der Waals surface area contributed by atoms with Crippen molar-refractivity contribution in [1.29, 1.82) is 0 Å². The molecule has 29 heavy (non-hydrogen) atoms. The maximum Gasteiger partial charge on any atom is 0.303 e. The van der Waals surface area contributed by atoms with Crippen LogP contribution in [0, 0.1) is 34.5 Å². The van der Waals surface area contributed by atoms with Crippen molar-refractivity contribution < 1.29 is 19.1 Å². The van der Waals surface area contributed by atoms with Crippen LogP contribution < -0.4 is 0 Å². The number of esters is 1. The fourth-order valence-corrected chi connectivity index (χ4v) is 8.48. The molecule has 0 aromatic heterocycles. The summed E-state index contributed by atoms with van der Waals surface area (Å²) in [6, 6.07) is 0. The van der Waals surface area contributed by atoms with E-state index in [-0.39, 0.29) is 39.7 Å². The first-order valence-corrected chi connectivity index (χ1v) is 11.5. The molecule has 4 rings (SSSR count). The number of hydrogen-bond acceptors (Lipinski definition) is 4. The molecule has 0 aliphatic heterocycles. The largest absolute Gasteiger partial charge is 0.451 e. The predicted octanol–water partition coefficient (Wildman–Crippen LogP) is 4.87. The number of ether oxygens (including phenoxy) is 1. The van der Waals surface area contributed by atoms with E-state index in [0.29, 0.717) is 24.2 Å². The van der Waals surface area contributed by atoms with Crippen LogP contribution in [0.15, 0.2) is 11.6 Å². The second-order valence-electron chi connectivity index (χ2n) is 10.6. The van der Waals surface area contributed by atoms with Gasteiger partial charge < -0.3 is 4.74 Å². The minimum atomic E-state index is -1.01. The number of ketones is 2. The number of alkyl halides is 1. The zero-order valence-corrected chi connectivity index (χ0v) is 19.0. The molecule has 5 heteroatoms. The van der Waals surface area contributed by atoms with Gasteiger partial charge in [0.15, 0.2) is 17.2 Å². The number of fused-ring (bicyclic) bond motifs is 5. The van der Waals surface area contributed by atoms with Gasteiger partial charge in [-0.15, -0.1) is 11.6 Å². The van der Waals surface area contributed by atoms with Crippen molar-refractivity contribution >= 4 is 29.1 Å². The number of rotatable bonds is 2. The summed E-state index contributed by atoms with van der Waals surface area (Å²) in [4.78, 5) is 37.1. The summed E-state index contributed by atoms with van der Waals surface area (Å²) in [6.45, 7) is 9.47. The molecule has 4 nitrogen and oxygen atoms in total. The maximum atomic E-state index is 12.8. The lowest BCUT2D eigenvalue weighted by molar-refractivity contribution is -0.187. The lowest BCUT2D eigenvalue weighted by atomic mass is 9.45. The van der Waals surface area contributed by atoms with Gasteiger partial charge in [0.2, 0.25) is 0 Å². The minimum Gasteiger partial charge on any atom is -0.451 e. The van der Waals surface area contributed by atoms with Gasteiger partial charge in [-0.05, 0) is 80.3 Å². The van der Waals surface area contributed by atoms with Gasteiger partial charge in [0.25, 0.3) is 0 Å². The molecule has 0 aromatic rings. The van der Waals surface area contributed by atoms with Gasteiger partial charge in [-0.1, -0.05) is 20.8 Å². The predicted molar refractivity (Wildman–Crippen MR) is 111 cm³/mol. The second-order valence-corrected chi connectivity index (χ2v) is 11.1. The van der Waals surface area contributed by atoms with Crippen molar-refractivity contribution in [2.24, 2.45) is 34.5 Å². The van der Waals surface area contributed by atoms with Gasteiger partial charge in [0, 0.05) is 18.3 Å². The fourth-order valence-electron chi connectivity index (χ4n) is 7.96. The average molecular weight is 421 g/mol. The third-order valence-electron chi connectivity index (χ3n) is 9.25. The molecular weight excluding hydrogens is 388 g/mol. The lowest BCUT2D eigenvalue weighted by Gasteiger charge is -2.60. The van der Waals surface area contributed by atoms with Crippen LogP contribution in [0.1, 0.15) is 73.1 Å². The van der Waals surface area contributed by atoms with Crippen LogP contribution in [0.5, 0.6) is 0 Å². The Labute approximate surface area is 178 Å². The lowest BCUT2D eigenvalue weighted by Crippen LogP contribution is -2.59. The second kappa shape index (κ2) is 6.67. The van der Waals surface area contributed by atoms with Crippen molar-refractivity contribution in [3.63, 3.8) is 0 Å². The summed E-state index contributed by atoms with van der Waals surface area (Å²) >= 11 is 6.89. The van der Waals surface area contributed by atoms with E-state index in [4.69, 9.17) is 16.3 Å². The summed E-state index contributed by atoms with van der Waals surface area (Å²) in [5.41, 5.74) is -0.297. The first kappa shape index (κ1) is 21.1. The number of carbonyl (C=O) groups excluding carboxylic acids is 3. The zero-order valence-electron chi connectivity index (χ0n) is 18.2. The molecule has 2 unspecified atom stereocenters. The summed E-state index contributed by atoms with van der Waals surface area (Å²) in [6.07, 6.45) is 6.86. The number of allylic oxidation sites excluding steroid dienone is 1. The van der Waals surface area contributed by atoms with Gasteiger partial charge in [-0.2, -0.15) is 0 Å². The van der Waals surface area contributed by atoms with Crippen LogP contribution in [-0.2, 0) is 19.1 Å². The van der Waals surface area contributed by atoms with E-state index in [1.807, 2.05) is 13.0 Å². The highest BCUT2D eigenvalue weighted by Crippen LogP contribution is 2.69. The molecule has 8 atom stereocenters. The Morgan fingerprint density at radius 2 is 1.79 bits per heavy atom. The van der Waals surface area contributed by atoms with Crippen molar-refractivity contribution in [2.45, 2.75) is 84.1 Å². The molecule has 0 bridgehead atoms. The average Bonchev–Trinajstić information content (AvgIpc) is 2.91. The van der Waals surface area contributed by atoms with Gasteiger partial charge in [0.05, 0.1) is 5.38 Å². The van der Waals surface area contributed by atoms with Gasteiger partial charge in [-0.3, -0.25) is 14.4 Å². The molecule has 160 valence electrons. The SMILES string of the molecule is CC(=O)O[C@]1(C(C)=O)CC[C@H]2[C@@H]3CC(Cl)C4=CC(=O)C(C)C[C@]4(C)[C@H]3CC[C@@]21C. The molecule has 0 spiro atoms.